The molecule has 0 aromatic heterocycles. The summed E-state index contributed by atoms with van der Waals surface area (Å²) in [5.41, 5.74) is 7.70. The van der Waals surface area contributed by atoms with Crippen LogP contribution in [0.25, 0.3) is 0 Å². The van der Waals surface area contributed by atoms with Crippen LogP contribution in [0.3, 0.4) is 0 Å². The lowest BCUT2D eigenvalue weighted by Crippen LogP contribution is -2.09. The Hall–Kier alpha value is -0.580. The topological polar surface area (TPSA) is 44.5 Å². The summed E-state index contributed by atoms with van der Waals surface area (Å²) in [5, 5.41) is 0. The molecular weight excluding hydrogens is 270 g/mol. The molecule has 1 aromatic carbocycles. The van der Waals surface area contributed by atoms with E-state index in [1.54, 1.807) is 0 Å². The summed E-state index contributed by atoms with van der Waals surface area (Å²) in [4.78, 5) is 0. The molecule has 2 N–H and O–H groups in total. The molecule has 4 heteroatoms. The normalized spacial score (nSPS) is 20.2. The molecule has 16 heavy (non-hydrogen) atoms. The summed E-state index contributed by atoms with van der Waals surface area (Å²) in [7, 11) is 0. The van der Waals surface area contributed by atoms with E-state index in [-0.39, 0.29) is 0 Å². The van der Waals surface area contributed by atoms with Gasteiger partial charge in [-0.3, -0.25) is 0 Å². The number of anilines is 1. The molecule has 1 heterocycles. The number of nitrogen functional groups attached to an aromatic ring is 1. The summed E-state index contributed by atoms with van der Waals surface area (Å²) in [5.74, 6) is 0.552. The third-order valence-electron chi connectivity index (χ3n) is 2.74. The molecule has 3 nitrogen and oxygen atoms in total. The minimum absolute atomic E-state index is 0.552. The van der Waals surface area contributed by atoms with Gasteiger partial charge in [-0.05, 0) is 18.6 Å². The number of hydrogen-bond donors (Lipinski definition) is 1. The van der Waals surface area contributed by atoms with Crippen LogP contribution >= 0.6 is 15.9 Å². The molecule has 1 aliphatic rings. The lowest BCUT2D eigenvalue weighted by molar-refractivity contribution is 0.0794. The molecule has 2 rings (SSSR count). The molecule has 1 aromatic rings. The van der Waals surface area contributed by atoms with Crippen molar-refractivity contribution >= 4 is 21.6 Å². The van der Waals surface area contributed by atoms with Gasteiger partial charge < -0.3 is 15.2 Å². The summed E-state index contributed by atoms with van der Waals surface area (Å²) >= 11 is 3.38. The number of halogens is 1. The maximum Gasteiger partial charge on any atom is 0.0737 e. The molecule has 0 aliphatic carbocycles. The minimum atomic E-state index is 0.552. The van der Waals surface area contributed by atoms with Crippen LogP contribution < -0.4 is 5.73 Å². The molecule has 0 radical (unpaired) electrons. The standard InChI is InChI=1S/C12H16BrNO2/c13-11-2-1-10(12(14)5-11)8-16-7-9-3-4-15-6-9/h1-2,5,9H,3-4,6-8,14H2. The predicted molar refractivity (Wildman–Crippen MR) is 67.1 cm³/mol. The molecule has 1 saturated heterocycles. The highest BCUT2D eigenvalue weighted by atomic mass is 79.9. The Balaban J connectivity index is 1.80. The van der Waals surface area contributed by atoms with Crippen molar-refractivity contribution < 1.29 is 9.47 Å². The SMILES string of the molecule is Nc1cc(Br)ccc1COCC1CCOC1. The quantitative estimate of drug-likeness (QED) is 0.865. The second kappa shape index (κ2) is 5.66. The van der Waals surface area contributed by atoms with Crippen molar-refractivity contribution in [2.24, 2.45) is 5.92 Å². The van der Waals surface area contributed by atoms with Gasteiger partial charge in [0.1, 0.15) is 0 Å². The lowest BCUT2D eigenvalue weighted by Gasteiger charge is -2.10. The molecule has 1 atom stereocenters. The monoisotopic (exact) mass is 285 g/mol. The zero-order valence-electron chi connectivity index (χ0n) is 9.12. The molecule has 1 fully saturated rings. The summed E-state index contributed by atoms with van der Waals surface area (Å²) in [6.07, 6.45) is 1.11. The Morgan fingerprint density at radius 1 is 1.50 bits per heavy atom. The highest BCUT2D eigenvalue weighted by Crippen LogP contribution is 2.20. The third kappa shape index (κ3) is 3.20. The van der Waals surface area contributed by atoms with Gasteiger partial charge in [0.05, 0.1) is 19.8 Å². The van der Waals surface area contributed by atoms with Crippen LogP contribution in [0.4, 0.5) is 5.69 Å². The number of hydrogen-bond acceptors (Lipinski definition) is 3. The Morgan fingerprint density at radius 3 is 3.06 bits per heavy atom. The molecule has 0 amide bonds. The summed E-state index contributed by atoms with van der Waals surface area (Å²) in [6, 6.07) is 5.87. The zero-order valence-corrected chi connectivity index (χ0v) is 10.7. The molecule has 0 spiro atoms. The number of nitrogens with two attached hydrogens (primary N) is 1. The highest BCUT2D eigenvalue weighted by Gasteiger charge is 2.15. The molecule has 88 valence electrons. The summed E-state index contributed by atoms with van der Waals surface area (Å²) in [6.45, 7) is 3.04. The van der Waals surface area contributed by atoms with Gasteiger partial charge in [0.25, 0.3) is 0 Å². The van der Waals surface area contributed by atoms with Crippen molar-refractivity contribution in [1.82, 2.24) is 0 Å². The second-order valence-corrected chi connectivity index (χ2v) is 5.00. The van der Waals surface area contributed by atoms with Crippen molar-refractivity contribution in [2.45, 2.75) is 13.0 Å². The predicted octanol–water partition coefficient (Wildman–Crippen LogP) is 2.58. The largest absolute Gasteiger partial charge is 0.398 e. The average Bonchev–Trinajstić information content (AvgIpc) is 2.74. The van der Waals surface area contributed by atoms with Crippen LogP contribution in [0, 0.1) is 5.92 Å². The van der Waals surface area contributed by atoms with E-state index in [1.165, 1.54) is 0 Å². The van der Waals surface area contributed by atoms with E-state index >= 15 is 0 Å². The van der Waals surface area contributed by atoms with Gasteiger partial charge in [0.15, 0.2) is 0 Å². The van der Waals surface area contributed by atoms with Crippen LogP contribution in [0.5, 0.6) is 0 Å². The van der Waals surface area contributed by atoms with Gasteiger partial charge in [-0.15, -0.1) is 0 Å². The van der Waals surface area contributed by atoms with Gasteiger partial charge in [0.2, 0.25) is 0 Å². The molecule has 0 saturated carbocycles. The molecule has 1 unspecified atom stereocenters. The van der Waals surface area contributed by atoms with Crippen molar-refractivity contribution in [3.8, 4) is 0 Å². The van der Waals surface area contributed by atoms with E-state index in [4.69, 9.17) is 15.2 Å². The minimum Gasteiger partial charge on any atom is -0.398 e. The van der Waals surface area contributed by atoms with E-state index in [0.717, 1.165) is 42.0 Å². The lowest BCUT2D eigenvalue weighted by atomic mass is 10.1. The Kier molecular flexibility index (Phi) is 4.21. The first-order valence-corrected chi connectivity index (χ1v) is 6.24. The van der Waals surface area contributed by atoms with Crippen molar-refractivity contribution in [3.05, 3.63) is 28.2 Å². The maximum absolute atomic E-state index is 5.88. The van der Waals surface area contributed by atoms with E-state index < -0.39 is 0 Å². The van der Waals surface area contributed by atoms with Crippen molar-refractivity contribution in [2.75, 3.05) is 25.6 Å². The van der Waals surface area contributed by atoms with E-state index in [2.05, 4.69) is 15.9 Å². The average molecular weight is 286 g/mol. The second-order valence-electron chi connectivity index (χ2n) is 4.09. The Morgan fingerprint density at radius 2 is 2.38 bits per heavy atom. The summed E-state index contributed by atoms with van der Waals surface area (Å²) < 4.78 is 11.9. The van der Waals surface area contributed by atoms with Gasteiger partial charge >= 0.3 is 0 Å². The fraction of sp³-hybridized carbons (Fsp3) is 0.500. The van der Waals surface area contributed by atoms with Crippen molar-refractivity contribution in [3.63, 3.8) is 0 Å². The van der Waals surface area contributed by atoms with Gasteiger partial charge in [-0.2, -0.15) is 0 Å². The fourth-order valence-corrected chi connectivity index (χ4v) is 2.13. The zero-order chi connectivity index (χ0) is 11.4. The fourth-order valence-electron chi connectivity index (χ4n) is 1.75. The van der Waals surface area contributed by atoms with Crippen molar-refractivity contribution in [1.29, 1.82) is 0 Å². The number of rotatable bonds is 4. The molecule has 0 bridgehead atoms. The highest BCUT2D eigenvalue weighted by molar-refractivity contribution is 9.10. The third-order valence-corrected chi connectivity index (χ3v) is 3.24. The molecular formula is C12H16BrNO2. The number of benzene rings is 1. The van der Waals surface area contributed by atoms with Gasteiger partial charge in [-0.1, -0.05) is 22.0 Å². The van der Waals surface area contributed by atoms with Gasteiger partial charge in [-0.25, -0.2) is 0 Å². The number of ether oxygens (including phenoxy) is 2. The first-order valence-electron chi connectivity index (χ1n) is 5.45. The van der Waals surface area contributed by atoms with E-state index in [9.17, 15) is 0 Å². The smallest absolute Gasteiger partial charge is 0.0737 e. The van der Waals surface area contributed by atoms with E-state index in [1.807, 2.05) is 18.2 Å². The Labute approximate surface area is 104 Å². The van der Waals surface area contributed by atoms with Gasteiger partial charge in [0, 0.05) is 28.2 Å². The van der Waals surface area contributed by atoms with Crippen LogP contribution in [-0.4, -0.2) is 19.8 Å². The van der Waals surface area contributed by atoms with Crippen LogP contribution in [0.15, 0.2) is 22.7 Å². The molecule has 1 aliphatic heterocycles. The maximum atomic E-state index is 5.88. The van der Waals surface area contributed by atoms with Crippen LogP contribution in [0.1, 0.15) is 12.0 Å². The Bertz CT molecular complexity index is 351. The first kappa shape index (κ1) is 11.9. The van der Waals surface area contributed by atoms with Crippen LogP contribution in [-0.2, 0) is 16.1 Å². The van der Waals surface area contributed by atoms with Crippen LogP contribution in [0.2, 0.25) is 0 Å². The first-order chi connectivity index (χ1) is 7.75. The van der Waals surface area contributed by atoms with E-state index in [0.29, 0.717) is 12.5 Å².